The fourth-order valence-electron chi connectivity index (χ4n) is 3.15. The van der Waals surface area contributed by atoms with Crippen LogP contribution in [0.25, 0.3) is 0 Å². The zero-order valence-corrected chi connectivity index (χ0v) is 16.1. The maximum atomic E-state index is 12.7. The molecular weight excluding hydrogens is 391 g/mol. The van der Waals surface area contributed by atoms with Gasteiger partial charge in [0.15, 0.2) is 5.78 Å². The molecule has 1 aliphatic rings. The summed E-state index contributed by atoms with van der Waals surface area (Å²) in [5.74, 6) is -0.478. The molecule has 0 unspecified atom stereocenters. The minimum absolute atomic E-state index is 0.114. The molecule has 5 nitrogen and oxygen atoms in total. The Bertz CT molecular complexity index is 863. The van der Waals surface area contributed by atoms with Crippen molar-refractivity contribution in [3.63, 3.8) is 0 Å². The Kier molecular flexibility index (Phi) is 5.92. The molecule has 7 heteroatoms. The number of carboxylic acid groups (broad SMARTS) is 1. The quantitative estimate of drug-likeness (QED) is 0.690. The third kappa shape index (κ3) is 4.20. The molecule has 1 saturated carbocycles. The van der Waals surface area contributed by atoms with E-state index in [4.69, 9.17) is 37.8 Å². The lowest BCUT2D eigenvalue weighted by Gasteiger charge is -2.16. The predicted octanol–water partition coefficient (Wildman–Crippen LogP) is 4.87. The average Bonchev–Trinajstić information content (AvgIpc) is 3.14. The van der Waals surface area contributed by atoms with E-state index >= 15 is 0 Å². The summed E-state index contributed by atoms with van der Waals surface area (Å²) in [6, 6.07) is 9.86. The number of halogens is 2. The van der Waals surface area contributed by atoms with Gasteiger partial charge in [0, 0.05) is 11.1 Å². The summed E-state index contributed by atoms with van der Waals surface area (Å²) in [7, 11) is 1.55. The Hall–Kier alpha value is -2.24. The van der Waals surface area contributed by atoms with E-state index in [9.17, 15) is 9.59 Å². The molecule has 0 radical (unpaired) electrons. The van der Waals surface area contributed by atoms with Crippen molar-refractivity contribution < 1.29 is 24.2 Å². The minimum Gasteiger partial charge on any atom is -0.497 e. The lowest BCUT2D eigenvalue weighted by Crippen LogP contribution is -2.16. The van der Waals surface area contributed by atoms with Crippen molar-refractivity contribution in [2.24, 2.45) is 5.92 Å². The summed E-state index contributed by atoms with van der Waals surface area (Å²) in [4.78, 5) is 23.8. The van der Waals surface area contributed by atoms with Gasteiger partial charge >= 0.3 is 5.97 Å². The first-order valence-electron chi connectivity index (χ1n) is 8.47. The van der Waals surface area contributed by atoms with Crippen molar-refractivity contribution in [3.05, 3.63) is 57.6 Å². The highest BCUT2D eigenvalue weighted by molar-refractivity contribution is 6.45. The molecule has 2 aromatic rings. The maximum absolute atomic E-state index is 12.7. The van der Waals surface area contributed by atoms with Crippen LogP contribution in [0.1, 0.15) is 35.2 Å². The highest BCUT2D eigenvalue weighted by atomic mass is 35.5. The molecule has 0 bridgehead atoms. The number of ketones is 1. The van der Waals surface area contributed by atoms with Crippen LogP contribution >= 0.6 is 23.2 Å². The Balaban J connectivity index is 1.78. The van der Waals surface area contributed by atoms with Crippen molar-refractivity contribution in [3.8, 4) is 11.5 Å². The molecule has 0 aromatic heterocycles. The number of carbonyl (C=O) groups excluding carboxylic acids is 1. The van der Waals surface area contributed by atoms with E-state index in [0.29, 0.717) is 36.3 Å². The van der Waals surface area contributed by atoms with Gasteiger partial charge in [0.05, 0.1) is 24.2 Å². The van der Waals surface area contributed by atoms with Gasteiger partial charge in [0.1, 0.15) is 16.5 Å². The van der Waals surface area contributed by atoms with Crippen LogP contribution in [0.15, 0.2) is 36.4 Å². The second-order valence-corrected chi connectivity index (χ2v) is 7.14. The number of rotatable bonds is 6. The van der Waals surface area contributed by atoms with Crippen LogP contribution in [-0.2, 0) is 4.79 Å². The van der Waals surface area contributed by atoms with E-state index in [1.165, 1.54) is 0 Å². The molecule has 142 valence electrons. The van der Waals surface area contributed by atoms with Crippen molar-refractivity contribution in [1.29, 1.82) is 0 Å². The van der Waals surface area contributed by atoms with Crippen molar-refractivity contribution in [2.75, 3.05) is 7.11 Å². The molecule has 3 rings (SSSR count). The Morgan fingerprint density at radius 3 is 2.33 bits per heavy atom. The van der Waals surface area contributed by atoms with E-state index in [0.717, 1.165) is 0 Å². The van der Waals surface area contributed by atoms with Crippen LogP contribution in [0, 0.1) is 5.92 Å². The first kappa shape index (κ1) is 19.5. The SMILES string of the molecule is COc1ccc(C(=O)c2ccc(O[C@H]3CC[C@H](C(=O)O)C3)c(Cl)c2Cl)cc1. The van der Waals surface area contributed by atoms with E-state index in [2.05, 4.69) is 0 Å². The zero-order valence-electron chi connectivity index (χ0n) is 14.6. The zero-order chi connectivity index (χ0) is 19.6. The molecule has 27 heavy (non-hydrogen) atoms. The summed E-state index contributed by atoms with van der Waals surface area (Å²) in [6.07, 6.45) is 1.40. The van der Waals surface area contributed by atoms with Gasteiger partial charge in [-0.15, -0.1) is 0 Å². The van der Waals surface area contributed by atoms with Gasteiger partial charge in [-0.2, -0.15) is 0 Å². The smallest absolute Gasteiger partial charge is 0.306 e. The lowest BCUT2D eigenvalue weighted by atomic mass is 10.0. The van der Waals surface area contributed by atoms with Gasteiger partial charge in [-0.25, -0.2) is 0 Å². The summed E-state index contributed by atoms with van der Waals surface area (Å²) in [5.41, 5.74) is 0.733. The Morgan fingerprint density at radius 2 is 1.74 bits per heavy atom. The van der Waals surface area contributed by atoms with Gasteiger partial charge < -0.3 is 14.6 Å². The summed E-state index contributed by atoms with van der Waals surface area (Å²) in [6.45, 7) is 0. The van der Waals surface area contributed by atoms with Crippen LogP contribution in [0.3, 0.4) is 0 Å². The normalized spacial score (nSPS) is 18.9. The molecule has 0 spiro atoms. The molecule has 0 amide bonds. The highest BCUT2D eigenvalue weighted by Gasteiger charge is 2.31. The van der Waals surface area contributed by atoms with E-state index in [-0.39, 0.29) is 27.5 Å². The van der Waals surface area contributed by atoms with E-state index < -0.39 is 11.9 Å². The molecular formula is C20H18Cl2O5. The van der Waals surface area contributed by atoms with Gasteiger partial charge in [-0.3, -0.25) is 9.59 Å². The minimum atomic E-state index is -0.814. The average molecular weight is 409 g/mol. The largest absolute Gasteiger partial charge is 0.497 e. The number of aliphatic carboxylic acids is 1. The Morgan fingerprint density at radius 1 is 1.04 bits per heavy atom. The van der Waals surface area contributed by atoms with E-state index in [1.807, 2.05) is 0 Å². The summed E-state index contributed by atoms with van der Waals surface area (Å²) in [5, 5.41) is 9.35. The van der Waals surface area contributed by atoms with E-state index in [1.54, 1.807) is 43.5 Å². The number of hydrogen-bond donors (Lipinski definition) is 1. The van der Waals surface area contributed by atoms with Crippen LogP contribution < -0.4 is 9.47 Å². The molecule has 2 atom stereocenters. The summed E-state index contributed by atoms with van der Waals surface area (Å²) < 4.78 is 10.9. The van der Waals surface area contributed by atoms with Gasteiger partial charge in [-0.1, -0.05) is 23.2 Å². The number of methoxy groups -OCH3 is 1. The van der Waals surface area contributed by atoms with Crippen LogP contribution in [0.4, 0.5) is 0 Å². The van der Waals surface area contributed by atoms with Gasteiger partial charge in [0.25, 0.3) is 0 Å². The second kappa shape index (κ2) is 8.19. The van der Waals surface area contributed by atoms with Crippen molar-refractivity contribution in [1.82, 2.24) is 0 Å². The number of carboxylic acids is 1. The molecule has 1 aliphatic carbocycles. The monoisotopic (exact) mass is 408 g/mol. The van der Waals surface area contributed by atoms with Gasteiger partial charge in [-0.05, 0) is 55.7 Å². The third-order valence-corrected chi connectivity index (χ3v) is 5.54. The third-order valence-electron chi connectivity index (χ3n) is 4.67. The molecule has 0 aliphatic heterocycles. The highest BCUT2D eigenvalue weighted by Crippen LogP contribution is 2.38. The van der Waals surface area contributed by atoms with Crippen LogP contribution in [-0.4, -0.2) is 30.1 Å². The fraction of sp³-hybridized carbons (Fsp3) is 0.300. The lowest BCUT2D eigenvalue weighted by molar-refractivity contribution is -0.141. The molecule has 0 saturated heterocycles. The molecule has 2 aromatic carbocycles. The maximum Gasteiger partial charge on any atom is 0.306 e. The van der Waals surface area contributed by atoms with Gasteiger partial charge in [0.2, 0.25) is 0 Å². The second-order valence-electron chi connectivity index (χ2n) is 6.38. The topological polar surface area (TPSA) is 72.8 Å². The van der Waals surface area contributed by atoms with Crippen LogP contribution in [0.5, 0.6) is 11.5 Å². The first-order valence-corrected chi connectivity index (χ1v) is 9.22. The number of ether oxygens (including phenoxy) is 2. The number of hydrogen-bond acceptors (Lipinski definition) is 4. The fourth-order valence-corrected chi connectivity index (χ4v) is 3.60. The summed E-state index contributed by atoms with van der Waals surface area (Å²) >= 11 is 12.6. The molecule has 1 N–H and O–H groups in total. The molecule has 1 fully saturated rings. The van der Waals surface area contributed by atoms with Crippen molar-refractivity contribution >= 4 is 35.0 Å². The number of benzene rings is 2. The first-order chi connectivity index (χ1) is 12.9. The molecule has 0 heterocycles. The predicted molar refractivity (Wildman–Crippen MR) is 102 cm³/mol. The van der Waals surface area contributed by atoms with Crippen LogP contribution in [0.2, 0.25) is 10.0 Å². The van der Waals surface area contributed by atoms with Crippen molar-refractivity contribution in [2.45, 2.75) is 25.4 Å². The number of carbonyl (C=O) groups is 2. The Labute approximate surface area is 166 Å². The standard InChI is InChI=1S/C20H18Cl2O5/c1-26-13-5-2-11(3-6-13)19(23)15-8-9-16(18(22)17(15)21)27-14-7-4-12(10-14)20(24)25/h2-3,5-6,8-9,12,14H,4,7,10H2,1H3,(H,24,25)/t12-,14-/m0/s1.